The lowest BCUT2D eigenvalue weighted by atomic mass is 10.1. The summed E-state index contributed by atoms with van der Waals surface area (Å²) in [6.07, 6.45) is 7.05. The third-order valence-electron chi connectivity index (χ3n) is 3.99. The second kappa shape index (κ2) is 8.05. The first-order valence-electron chi connectivity index (χ1n) is 8.60. The fourth-order valence-electron chi connectivity index (χ4n) is 2.63. The molecule has 4 aromatic rings. The summed E-state index contributed by atoms with van der Waals surface area (Å²) in [5.74, 6) is 1.73. The zero-order chi connectivity index (χ0) is 19.2. The Morgan fingerprint density at radius 2 is 1.79 bits per heavy atom. The van der Waals surface area contributed by atoms with E-state index in [1.807, 2.05) is 24.3 Å². The van der Waals surface area contributed by atoms with Gasteiger partial charge < -0.3 is 10.1 Å². The highest BCUT2D eigenvalue weighted by Gasteiger charge is 2.05. The van der Waals surface area contributed by atoms with Crippen LogP contribution in [0.25, 0.3) is 11.2 Å². The normalized spacial score (nSPS) is 10.4. The lowest BCUT2D eigenvalue weighted by molar-refractivity contribution is 0.462. The molecule has 0 spiro atoms. The number of rotatable bonds is 6. The largest absolute Gasteiger partial charge is 0.439 e. The Morgan fingerprint density at radius 3 is 2.64 bits per heavy atom. The van der Waals surface area contributed by atoms with Crippen molar-refractivity contribution in [2.24, 2.45) is 0 Å². The topological polar surface area (TPSA) is 110 Å². The summed E-state index contributed by atoms with van der Waals surface area (Å²) in [6.45, 7) is 0.689. The Labute approximate surface area is 160 Å². The van der Waals surface area contributed by atoms with E-state index in [9.17, 15) is 0 Å². The van der Waals surface area contributed by atoms with Crippen LogP contribution in [-0.4, -0.2) is 31.5 Å². The third-order valence-corrected chi connectivity index (χ3v) is 3.99. The number of nitrogens with zero attached hydrogens (tertiary/aromatic N) is 6. The number of fused-ring (bicyclic) bond motifs is 1. The number of pyridine rings is 1. The van der Waals surface area contributed by atoms with Crippen LogP contribution in [0.1, 0.15) is 11.1 Å². The highest BCUT2D eigenvalue weighted by molar-refractivity contribution is 5.81. The number of nitriles is 1. The number of hydrogen-bond donors (Lipinski definition) is 1. The quantitative estimate of drug-likeness (QED) is 0.552. The van der Waals surface area contributed by atoms with Crippen molar-refractivity contribution in [3.63, 3.8) is 0 Å². The van der Waals surface area contributed by atoms with Crippen molar-refractivity contribution < 1.29 is 4.74 Å². The van der Waals surface area contributed by atoms with E-state index in [0.717, 1.165) is 12.0 Å². The van der Waals surface area contributed by atoms with Crippen LogP contribution in [0.15, 0.2) is 61.3 Å². The van der Waals surface area contributed by atoms with Crippen molar-refractivity contribution in [1.29, 1.82) is 5.26 Å². The third kappa shape index (κ3) is 3.99. The van der Waals surface area contributed by atoms with Gasteiger partial charge in [-0.25, -0.2) is 24.9 Å². The Morgan fingerprint density at radius 1 is 0.929 bits per heavy atom. The molecule has 0 bridgehead atoms. The molecule has 8 nitrogen and oxygen atoms in total. The van der Waals surface area contributed by atoms with Gasteiger partial charge in [-0.05, 0) is 30.2 Å². The molecule has 1 N–H and O–H groups in total. The van der Waals surface area contributed by atoms with Gasteiger partial charge in [-0.1, -0.05) is 12.1 Å². The van der Waals surface area contributed by atoms with E-state index in [0.29, 0.717) is 40.7 Å². The van der Waals surface area contributed by atoms with Gasteiger partial charge in [0.1, 0.15) is 17.6 Å². The average Bonchev–Trinajstić information content (AvgIpc) is 2.75. The van der Waals surface area contributed by atoms with Crippen LogP contribution < -0.4 is 10.1 Å². The van der Waals surface area contributed by atoms with Gasteiger partial charge in [-0.2, -0.15) is 5.26 Å². The molecule has 0 atom stereocenters. The number of benzene rings is 1. The fourth-order valence-corrected chi connectivity index (χ4v) is 2.63. The Hall–Kier alpha value is -4.12. The molecule has 0 aliphatic rings. The lowest BCUT2D eigenvalue weighted by Gasteiger charge is -2.08. The maximum atomic E-state index is 8.93. The summed E-state index contributed by atoms with van der Waals surface area (Å²) >= 11 is 0. The van der Waals surface area contributed by atoms with E-state index in [2.05, 4.69) is 36.3 Å². The van der Waals surface area contributed by atoms with E-state index in [1.165, 1.54) is 6.33 Å². The van der Waals surface area contributed by atoms with Crippen LogP contribution in [0, 0.1) is 11.3 Å². The van der Waals surface area contributed by atoms with Crippen molar-refractivity contribution in [1.82, 2.24) is 24.9 Å². The van der Waals surface area contributed by atoms with Gasteiger partial charge in [0.15, 0.2) is 11.5 Å². The van der Waals surface area contributed by atoms with Gasteiger partial charge in [0, 0.05) is 31.2 Å². The molecule has 0 aliphatic heterocycles. The number of hydrogen-bond acceptors (Lipinski definition) is 8. The summed E-state index contributed by atoms with van der Waals surface area (Å²) in [5.41, 5.74) is 2.87. The molecule has 3 aromatic heterocycles. The van der Waals surface area contributed by atoms with E-state index in [4.69, 9.17) is 10.00 Å². The van der Waals surface area contributed by atoms with Crippen molar-refractivity contribution in [2.75, 3.05) is 11.9 Å². The van der Waals surface area contributed by atoms with Crippen LogP contribution in [0.2, 0.25) is 0 Å². The number of aromatic nitrogens is 5. The Kier molecular flexibility index (Phi) is 4.98. The molecule has 0 fully saturated rings. The molecule has 28 heavy (non-hydrogen) atoms. The van der Waals surface area contributed by atoms with Crippen LogP contribution >= 0.6 is 0 Å². The summed E-state index contributed by atoms with van der Waals surface area (Å²) in [7, 11) is 0. The van der Waals surface area contributed by atoms with Crippen molar-refractivity contribution in [2.45, 2.75) is 6.42 Å². The molecule has 4 rings (SSSR count). The first-order valence-corrected chi connectivity index (χ1v) is 8.60. The van der Waals surface area contributed by atoms with Crippen molar-refractivity contribution in [3.05, 3.63) is 72.4 Å². The van der Waals surface area contributed by atoms with Crippen molar-refractivity contribution in [3.8, 4) is 17.7 Å². The van der Waals surface area contributed by atoms with Gasteiger partial charge in [-0.3, -0.25) is 0 Å². The van der Waals surface area contributed by atoms with Gasteiger partial charge in [-0.15, -0.1) is 0 Å². The van der Waals surface area contributed by atoms with Crippen LogP contribution in [0.5, 0.6) is 11.6 Å². The van der Waals surface area contributed by atoms with Crippen molar-refractivity contribution >= 4 is 17.0 Å². The predicted molar refractivity (Wildman–Crippen MR) is 103 cm³/mol. The Bertz CT molecular complexity index is 1130. The molecule has 3 heterocycles. The molecular formula is C20H15N7O. The van der Waals surface area contributed by atoms with Crippen LogP contribution in [-0.2, 0) is 6.42 Å². The lowest BCUT2D eigenvalue weighted by Crippen LogP contribution is -2.08. The second-order valence-electron chi connectivity index (χ2n) is 5.87. The van der Waals surface area contributed by atoms with Gasteiger partial charge in [0.2, 0.25) is 5.88 Å². The second-order valence-corrected chi connectivity index (χ2v) is 5.87. The zero-order valence-electron chi connectivity index (χ0n) is 14.8. The minimum absolute atomic E-state index is 0.394. The Balaban J connectivity index is 1.36. The number of nitrogens with one attached hydrogen (secondary N) is 1. The summed E-state index contributed by atoms with van der Waals surface area (Å²) in [4.78, 5) is 20.9. The number of anilines is 1. The van der Waals surface area contributed by atoms with Gasteiger partial charge in [0.05, 0.1) is 11.6 Å². The van der Waals surface area contributed by atoms with E-state index in [1.54, 1.807) is 30.7 Å². The SMILES string of the molecule is N#Cc1ccnc(Oc2ccc(CCNc3ncnc4nccnc34)cc2)c1. The standard InChI is InChI=1S/C20H15N7O/c21-12-15-6-7-22-17(11-15)28-16-3-1-14(2-4-16)5-8-24-19-18-20(27-13-26-19)25-10-9-23-18/h1-4,6-7,9-11,13H,5,8H2,(H,24,25,26,27). The molecule has 0 radical (unpaired) electrons. The highest BCUT2D eigenvalue weighted by atomic mass is 16.5. The van der Waals surface area contributed by atoms with Crippen LogP contribution in [0.4, 0.5) is 5.82 Å². The van der Waals surface area contributed by atoms with Gasteiger partial charge >= 0.3 is 0 Å². The average molecular weight is 369 g/mol. The summed E-state index contributed by atoms with van der Waals surface area (Å²) < 4.78 is 5.69. The zero-order valence-corrected chi connectivity index (χ0v) is 14.8. The summed E-state index contributed by atoms with van der Waals surface area (Å²) in [6, 6.07) is 13.0. The van der Waals surface area contributed by atoms with E-state index < -0.39 is 0 Å². The maximum absolute atomic E-state index is 8.93. The van der Waals surface area contributed by atoms with E-state index in [-0.39, 0.29) is 0 Å². The fraction of sp³-hybridized carbons (Fsp3) is 0.100. The summed E-state index contributed by atoms with van der Waals surface area (Å²) in [5, 5.41) is 12.2. The van der Waals surface area contributed by atoms with Gasteiger partial charge in [0.25, 0.3) is 0 Å². The van der Waals surface area contributed by atoms with E-state index >= 15 is 0 Å². The minimum Gasteiger partial charge on any atom is -0.439 e. The molecule has 0 aliphatic carbocycles. The molecule has 1 aromatic carbocycles. The molecular weight excluding hydrogens is 354 g/mol. The monoisotopic (exact) mass is 369 g/mol. The molecule has 0 unspecified atom stereocenters. The molecule has 136 valence electrons. The molecule has 0 saturated carbocycles. The first-order chi connectivity index (χ1) is 13.8. The maximum Gasteiger partial charge on any atom is 0.220 e. The molecule has 0 saturated heterocycles. The minimum atomic E-state index is 0.394. The molecule has 0 amide bonds. The first kappa shape index (κ1) is 17.3. The number of ether oxygens (including phenoxy) is 1. The highest BCUT2D eigenvalue weighted by Crippen LogP contribution is 2.21. The predicted octanol–water partition coefficient (Wildman–Crippen LogP) is 3.13. The smallest absolute Gasteiger partial charge is 0.220 e. The van der Waals surface area contributed by atoms with Crippen LogP contribution in [0.3, 0.4) is 0 Å². The molecule has 8 heteroatoms.